The molecule has 0 spiro atoms. The maximum atomic E-state index is 12.2. The molecule has 21 heavy (non-hydrogen) atoms. The van der Waals surface area contributed by atoms with Gasteiger partial charge < -0.3 is 20.1 Å². The monoisotopic (exact) mass is 301 g/mol. The molecule has 2 amide bonds. The fourth-order valence-electron chi connectivity index (χ4n) is 2.53. The molecule has 0 saturated carbocycles. The normalized spacial score (nSPS) is 18.8. The standard InChI is InChI=1S/C14H27N3O4/c1-4-17(12(3)9-13(18)19)14(20)15-11(2)10-16-5-7-21-8-6-16/h11-12H,4-10H2,1-3H3,(H,15,20)(H,18,19). The van der Waals surface area contributed by atoms with Crippen LogP contribution in [0.5, 0.6) is 0 Å². The average Bonchev–Trinajstić information content (AvgIpc) is 2.39. The molecule has 0 aromatic rings. The van der Waals surface area contributed by atoms with Gasteiger partial charge in [-0.1, -0.05) is 0 Å². The number of nitrogens with one attached hydrogen (secondary N) is 1. The summed E-state index contributed by atoms with van der Waals surface area (Å²) in [6.07, 6.45) is -0.0426. The van der Waals surface area contributed by atoms with Gasteiger partial charge in [0, 0.05) is 38.3 Å². The molecule has 1 aliphatic heterocycles. The van der Waals surface area contributed by atoms with Crippen LogP contribution in [0.1, 0.15) is 27.2 Å². The zero-order valence-electron chi connectivity index (χ0n) is 13.2. The third kappa shape index (κ3) is 6.31. The zero-order valence-corrected chi connectivity index (χ0v) is 13.2. The highest BCUT2D eigenvalue weighted by Crippen LogP contribution is 2.05. The van der Waals surface area contributed by atoms with Crippen LogP contribution in [-0.4, -0.2) is 78.4 Å². The number of morpholine rings is 1. The predicted molar refractivity (Wildman–Crippen MR) is 79.3 cm³/mol. The Kier molecular flexibility index (Phi) is 7.45. The van der Waals surface area contributed by atoms with Gasteiger partial charge in [-0.2, -0.15) is 0 Å². The third-order valence-corrected chi connectivity index (χ3v) is 3.61. The number of rotatable bonds is 7. The number of urea groups is 1. The van der Waals surface area contributed by atoms with Crippen molar-refractivity contribution in [3.8, 4) is 0 Å². The first-order valence-electron chi connectivity index (χ1n) is 7.53. The highest BCUT2D eigenvalue weighted by atomic mass is 16.5. The summed E-state index contributed by atoms with van der Waals surface area (Å²) in [6.45, 7) is 10.1. The number of amides is 2. The van der Waals surface area contributed by atoms with Gasteiger partial charge >= 0.3 is 12.0 Å². The van der Waals surface area contributed by atoms with E-state index in [-0.39, 0.29) is 24.5 Å². The fourth-order valence-corrected chi connectivity index (χ4v) is 2.53. The molecule has 0 aliphatic carbocycles. The molecule has 1 heterocycles. The summed E-state index contributed by atoms with van der Waals surface area (Å²) < 4.78 is 5.29. The number of ether oxygens (including phenoxy) is 1. The second-order valence-electron chi connectivity index (χ2n) is 5.50. The second-order valence-corrected chi connectivity index (χ2v) is 5.50. The van der Waals surface area contributed by atoms with Crippen LogP contribution in [0.4, 0.5) is 4.79 Å². The first-order valence-corrected chi connectivity index (χ1v) is 7.53. The van der Waals surface area contributed by atoms with Crippen LogP contribution in [-0.2, 0) is 9.53 Å². The van der Waals surface area contributed by atoms with Gasteiger partial charge in [-0.05, 0) is 20.8 Å². The number of aliphatic carboxylic acids is 1. The topological polar surface area (TPSA) is 82.1 Å². The van der Waals surface area contributed by atoms with Gasteiger partial charge in [0.25, 0.3) is 0 Å². The number of hydrogen-bond acceptors (Lipinski definition) is 4. The quantitative estimate of drug-likeness (QED) is 0.719. The Morgan fingerprint density at radius 1 is 1.33 bits per heavy atom. The number of hydrogen-bond donors (Lipinski definition) is 2. The van der Waals surface area contributed by atoms with Crippen LogP contribution in [0, 0.1) is 0 Å². The van der Waals surface area contributed by atoms with Crippen molar-refractivity contribution < 1.29 is 19.4 Å². The van der Waals surface area contributed by atoms with Crippen molar-refractivity contribution in [2.45, 2.75) is 39.3 Å². The first kappa shape index (κ1) is 17.7. The molecule has 0 radical (unpaired) electrons. The highest BCUT2D eigenvalue weighted by Gasteiger charge is 2.22. The molecule has 1 fully saturated rings. The van der Waals surface area contributed by atoms with Crippen LogP contribution >= 0.6 is 0 Å². The zero-order chi connectivity index (χ0) is 15.8. The molecular weight excluding hydrogens is 274 g/mol. The fraction of sp³-hybridized carbons (Fsp3) is 0.857. The molecule has 7 heteroatoms. The van der Waals surface area contributed by atoms with E-state index in [0.717, 1.165) is 32.8 Å². The Morgan fingerprint density at radius 3 is 2.48 bits per heavy atom. The van der Waals surface area contributed by atoms with E-state index in [2.05, 4.69) is 10.2 Å². The van der Waals surface area contributed by atoms with E-state index in [0.29, 0.717) is 6.54 Å². The Balaban J connectivity index is 2.42. The molecule has 1 saturated heterocycles. The van der Waals surface area contributed by atoms with E-state index in [1.807, 2.05) is 13.8 Å². The van der Waals surface area contributed by atoms with E-state index in [9.17, 15) is 9.59 Å². The van der Waals surface area contributed by atoms with Crippen LogP contribution in [0.15, 0.2) is 0 Å². The summed E-state index contributed by atoms with van der Waals surface area (Å²) in [5, 5.41) is 11.8. The molecule has 0 bridgehead atoms. The van der Waals surface area contributed by atoms with Crippen LogP contribution in [0.3, 0.4) is 0 Å². The number of carboxylic acid groups (broad SMARTS) is 1. The summed E-state index contributed by atoms with van der Waals surface area (Å²) in [5.41, 5.74) is 0. The number of carbonyl (C=O) groups excluding carboxylic acids is 1. The number of carbonyl (C=O) groups is 2. The van der Waals surface area contributed by atoms with E-state index in [1.165, 1.54) is 0 Å². The maximum Gasteiger partial charge on any atom is 0.317 e. The minimum absolute atomic E-state index is 0.0154. The van der Waals surface area contributed by atoms with Crippen molar-refractivity contribution in [3.05, 3.63) is 0 Å². The minimum atomic E-state index is -0.893. The van der Waals surface area contributed by atoms with Crippen LogP contribution < -0.4 is 5.32 Å². The molecule has 2 unspecified atom stereocenters. The summed E-state index contributed by atoms with van der Waals surface area (Å²) in [7, 11) is 0. The van der Waals surface area contributed by atoms with Gasteiger partial charge in [0.1, 0.15) is 0 Å². The molecule has 122 valence electrons. The van der Waals surface area contributed by atoms with Gasteiger partial charge in [-0.25, -0.2) is 4.79 Å². The molecule has 7 nitrogen and oxygen atoms in total. The summed E-state index contributed by atoms with van der Waals surface area (Å²) in [4.78, 5) is 26.8. The summed E-state index contributed by atoms with van der Waals surface area (Å²) >= 11 is 0. The van der Waals surface area contributed by atoms with E-state index in [4.69, 9.17) is 9.84 Å². The smallest absolute Gasteiger partial charge is 0.317 e. The van der Waals surface area contributed by atoms with E-state index < -0.39 is 5.97 Å². The van der Waals surface area contributed by atoms with E-state index >= 15 is 0 Å². The van der Waals surface area contributed by atoms with Crippen LogP contribution in [0.25, 0.3) is 0 Å². The highest BCUT2D eigenvalue weighted by molar-refractivity contribution is 5.76. The van der Waals surface area contributed by atoms with Gasteiger partial charge in [-0.15, -0.1) is 0 Å². The Morgan fingerprint density at radius 2 is 1.95 bits per heavy atom. The molecule has 0 aromatic carbocycles. The Bertz CT molecular complexity index is 345. The van der Waals surface area contributed by atoms with Crippen molar-refractivity contribution >= 4 is 12.0 Å². The number of carboxylic acids is 1. The number of nitrogens with zero attached hydrogens (tertiary/aromatic N) is 2. The van der Waals surface area contributed by atoms with Crippen molar-refractivity contribution in [1.29, 1.82) is 0 Å². The SMILES string of the molecule is CCN(C(=O)NC(C)CN1CCOCC1)C(C)CC(=O)O. The minimum Gasteiger partial charge on any atom is -0.481 e. The van der Waals surface area contributed by atoms with Crippen molar-refractivity contribution in [1.82, 2.24) is 15.1 Å². The Hall–Kier alpha value is -1.34. The van der Waals surface area contributed by atoms with Crippen molar-refractivity contribution in [2.24, 2.45) is 0 Å². The maximum absolute atomic E-state index is 12.2. The molecule has 2 N–H and O–H groups in total. The summed E-state index contributed by atoms with van der Waals surface area (Å²) in [5.74, 6) is -0.893. The lowest BCUT2D eigenvalue weighted by atomic mass is 10.2. The van der Waals surface area contributed by atoms with Crippen molar-refractivity contribution in [3.63, 3.8) is 0 Å². The first-order chi connectivity index (χ1) is 9.93. The largest absolute Gasteiger partial charge is 0.481 e. The predicted octanol–water partition coefficient (Wildman–Crippen LogP) is 0.602. The Labute approximate surface area is 126 Å². The lowest BCUT2D eigenvalue weighted by molar-refractivity contribution is -0.138. The van der Waals surface area contributed by atoms with Gasteiger partial charge in [-0.3, -0.25) is 9.69 Å². The van der Waals surface area contributed by atoms with Crippen molar-refractivity contribution in [2.75, 3.05) is 39.4 Å². The molecule has 1 rings (SSSR count). The van der Waals surface area contributed by atoms with E-state index in [1.54, 1.807) is 11.8 Å². The molecule has 2 atom stereocenters. The second kappa shape index (κ2) is 8.84. The average molecular weight is 301 g/mol. The lowest BCUT2D eigenvalue weighted by Crippen LogP contribution is -2.51. The molecule has 1 aliphatic rings. The van der Waals surface area contributed by atoms with Crippen LogP contribution in [0.2, 0.25) is 0 Å². The van der Waals surface area contributed by atoms with Gasteiger partial charge in [0.15, 0.2) is 0 Å². The third-order valence-electron chi connectivity index (χ3n) is 3.61. The molecule has 0 aromatic heterocycles. The molecular formula is C14H27N3O4. The van der Waals surface area contributed by atoms with Gasteiger partial charge in [0.05, 0.1) is 19.6 Å². The van der Waals surface area contributed by atoms with Gasteiger partial charge in [0.2, 0.25) is 0 Å². The summed E-state index contributed by atoms with van der Waals surface area (Å²) in [6, 6.07) is -0.503. The lowest BCUT2D eigenvalue weighted by Gasteiger charge is -2.32.